The molecule has 2 nitrogen and oxygen atoms in total. The summed E-state index contributed by atoms with van der Waals surface area (Å²) in [6.45, 7) is 4.29. The van der Waals surface area contributed by atoms with Gasteiger partial charge >= 0.3 is 11.3 Å². The number of carbonyl (C=O) groups is 1. The second-order valence-corrected chi connectivity index (χ2v) is 3.51. The van der Waals surface area contributed by atoms with Crippen molar-refractivity contribution in [1.29, 1.82) is 0 Å². The lowest BCUT2D eigenvalue weighted by atomic mass is 10.1. The summed E-state index contributed by atoms with van der Waals surface area (Å²) < 4.78 is 24.7. The molecule has 0 aromatic carbocycles. The minimum atomic E-state index is -3.77. The first-order chi connectivity index (χ1) is 5.91. The number of rotatable bonds is 1. The number of nitrogens with zero attached hydrogens (tertiary/aromatic N) is 1. The molecule has 0 atom stereocenters. The van der Waals surface area contributed by atoms with Crippen molar-refractivity contribution >= 4 is 17.5 Å². The predicted molar refractivity (Wildman–Crippen MR) is 45.8 cm³/mol. The van der Waals surface area contributed by atoms with Crippen LogP contribution in [0.1, 0.15) is 12.8 Å². The van der Waals surface area contributed by atoms with Crippen molar-refractivity contribution < 1.29 is 13.6 Å². The minimum Gasteiger partial charge on any atom is -0.336 e. The molecule has 0 radical (unpaired) electrons. The molecule has 1 amide bonds. The molecule has 1 aliphatic rings. The van der Waals surface area contributed by atoms with Crippen LogP contribution in [-0.4, -0.2) is 29.3 Å². The molecule has 0 bridgehead atoms. The molecular formula is C8H10ClF2NO. The van der Waals surface area contributed by atoms with E-state index in [1.807, 2.05) is 0 Å². The highest BCUT2D eigenvalue weighted by molar-refractivity contribution is 6.32. The van der Waals surface area contributed by atoms with Gasteiger partial charge in [0.1, 0.15) is 0 Å². The van der Waals surface area contributed by atoms with Gasteiger partial charge in [-0.25, -0.2) is 0 Å². The van der Waals surface area contributed by atoms with Crippen LogP contribution in [0.25, 0.3) is 0 Å². The number of carbonyl (C=O) groups excluding carboxylic acids is 1. The Bertz CT molecular complexity index is 227. The summed E-state index contributed by atoms with van der Waals surface area (Å²) in [5.74, 6) is -1.30. The van der Waals surface area contributed by atoms with Crippen molar-refractivity contribution in [2.24, 2.45) is 0 Å². The van der Waals surface area contributed by atoms with Crippen molar-refractivity contribution in [3.63, 3.8) is 0 Å². The molecular weight excluding hydrogens is 200 g/mol. The fraction of sp³-hybridized carbons (Fsp3) is 0.625. The maximum atomic E-state index is 12.3. The summed E-state index contributed by atoms with van der Waals surface area (Å²) in [5, 5.41) is -3.77. The largest absolute Gasteiger partial charge is 0.399 e. The van der Waals surface area contributed by atoms with Crippen LogP contribution in [-0.2, 0) is 4.79 Å². The van der Waals surface area contributed by atoms with Crippen LogP contribution < -0.4 is 0 Å². The first kappa shape index (κ1) is 10.4. The Hall–Kier alpha value is -0.640. The molecule has 0 saturated carbocycles. The number of hydrogen-bond acceptors (Lipinski definition) is 1. The summed E-state index contributed by atoms with van der Waals surface area (Å²) in [6.07, 6.45) is 1.16. The van der Waals surface area contributed by atoms with Gasteiger partial charge in [-0.15, -0.1) is 0 Å². The standard InChI is InChI=1S/C8H10ClF2NO/c1-6-2-4-12(5-3-6)7(13)8(9,10)11/h1-5H2. The Morgan fingerprint density at radius 2 is 1.92 bits per heavy atom. The first-order valence-corrected chi connectivity index (χ1v) is 4.32. The lowest BCUT2D eigenvalue weighted by molar-refractivity contribution is -0.147. The zero-order valence-electron chi connectivity index (χ0n) is 7.02. The highest BCUT2D eigenvalue weighted by Gasteiger charge is 2.40. The lowest BCUT2D eigenvalue weighted by Crippen LogP contribution is -2.43. The van der Waals surface area contributed by atoms with Crippen molar-refractivity contribution in [3.05, 3.63) is 12.2 Å². The molecule has 0 spiro atoms. The van der Waals surface area contributed by atoms with E-state index in [4.69, 9.17) is 0 Å². The summed E-state index contributed by atoms with van der Waals surface area (Å²) >= 11 is 4.61. The van der Waals surface area contributed by atoms with Gasteiger partial charge in [0, 0.05) is 13.1 Å². The summed E-state index contributed by atoms with van der Waals surface area (Å²) in [6, 6.07) is 0. The van der Waals surface area contributed by atoms with Crippen molar-refractivity contribution in [2.75, 3.05) is 13.1 Å². The topological polar surface area (TPSA) is 20.3 Å². The van der Waals surface area contributed by atoms with Crippen molar-refractivity contribution in [1.82, 2.24) is 4.90 Å². The number of alkyl halides is 3. The third-order valence-electron chi connectivity index (χ3n) is 2.00. The molecule has 1 saturated heterocycles. The normalized spacial score (nSPS) is 19.0. The number of hydrogen-bond donors (Lipinski definition) is 0. The van der Waals surface area contributed by atoms with Gasteiger partial charge in [0.25, 0.3) is 0 Å². The summed E-state index contributed by atoms with van der Waals surface area (Å²) in [4.78, 5) is 12.0. The number of halogens is 3. The van der Waals surface area contributed by atoms with Gasteiger partial charge in [0.15, 0.2) is 0 Å². The van der Waals surface area contributed by atoms with Gasteiger partial charge in [-0.1, -0.05) is 12.2 Å². The molecule has 1 aliphatic heterocycles. The molecule has 0 aromatic heterocycles. The van der Waals surface area contributed by atoms with E-state index in [0.717, 1.165) is 10.5 Å². The van der Waals surface area contributed by atoms with Crippen LogP contribution >= 0.6 is 11.6 Å². The van der Waals surface area contributed by atoms with Gasteiger partial charge in [-0.3, -0.25) is 4.79 Å². The molecule has 0 N–H and O–H groups in total. The maximum Gasteiger partial charge on any atom is 0.399 e. The van der Waals surface area contributed by atoms with Crippen molar-refractivity contribution in [2.45, 2.75) is 18.2 Å². The second-order valence-electron chi connectivity index (χ2n) is 3.04. The fourth-order valence-electron chi connectivity index (χ4n) is 1.21. The predicted octanol–water partition coefficient (Wildman–Crippen LogP) is 2.00. The molecule has 5 heteroatoms. The van der Waals surface area contributed by atoms with Gasteiger partial charge in [-0.05, 0) is 24.4 Å². The number of likely N-dealkylation sites (tertiary alicyclic amines) is 1. The molecule has 0 aliphatic carbocycles. The van der Waals surface area contributed by atoms with Crippen LogP contribution in [0.15, 0.2) is 12.2 Å². The van der Waals surface area contributed by atoms with Gasteiger partial charge in [-0.2, -0.15) is 8.78 Å². The van der Waals surface area contributed by atoms with Crippen molar-refractivity contribution in [3.8, 4) is 0 Å². The molecule has 0 unspecified atom stereocenters. The van der Waals surface area contributed by atoms with Gasteiger partial charge in [0.2, 0.25) is 0 Å². The monoisotopic (exact) mass is 209 g/mol. The average Bonchev–Trinajstić information content (AvgIpc) is 2.03. The fourth-order valence-corrected chi connectivity index (χ4v) is 1.32. The Labute approximate surface area is 80.2 Å². The van der Waals surface area contributed by atoms with E-state index in [2.05, 4.69) is 18.2 Å². The van der Waals surface area contributed by atoms with E-state index in [0.29, 0.717) is 25.9 Å². The highest BCUT2D eigenvalue weighted by atomic mass is 35.5. The zero-order chi connectivity index (χ0) is 10.1. The van der Waals surface area contributed by atoms with E-state index in [-0.39, 0.29) is 0 Å². The third kappa shape index (κ3) is 2.66. The maximum absolute atomic E-state index is 12.3. The van der Waals surface area contributed by atoms with Gasteiger partial charge < -0.3 is 4.90 Å². The minimum absolute atomic E-state index is 0.292. The molecule has 1 fully saturated rings. The van der Waals surface area contributed by atoms with E-state index in [9.17, 15) is 13.6 Å². The molecule has 74 valence electrons. The van der Waals surface area contributed by atoms with Crippen LogP contribution in [0.3, 0.4) is 0 Å². The number of amides is 1. The van der Waals surface area contributed by atoms with Crippen LogP contribution in [0.2, 0.25) is 0 Å². The lowest BCUT2D eigenvalue weighted by Gasteiger charge is -2.29. The van der Waals surface area contributed by atoms with Crippen LogP contribution in [0.4, 0.5) is 8.78 Å². The summed E-state index contributed by atoms with van der Waals surface area (Å²) in [7, 11) is 0. The van der Waals surface area contributed by atoms with E-state index in [1.165, 1.54) is 0 Å². The highest BCUT2D eigenvalue weighted by Crippen LogP contribution is 2.24. The first-order valence-electron chi connectivity index (χ1n) is 3.94. The average molecular weight is 210 g/mol. The molecule has 1 rings (SSSR count). The molecule has 13 heavy (non-hydrogen) atoms. The smallest absolute Gasteiger partial charge is 0.336 e. The summed E-state index contributed by atoms with van der Waals surface area (Å²) in [5.41, 5.74) is 0.988. The third-order valence-corrected chi connectivity index (χ3v) is 2.16. The molecule has 1 heterocycles. The van der Waals surface area contributed by atoms with E-state index >= 15 is 0 Å². The zero-order valence-corrected chi connectivity index (χ0v) is 7.78. The Balaban J connectivity index is 2.55. The second kappa shape index (κ2) is 3.62. The molecule has 0 aromatic rings. The quantitative estimate of drug-likeness (QED) is 0.478. The van der Waals surface area contributed by atoms with E-state index < -0.39 is 11.3 Å². The van der Waals surface area contributed by atoms with E-state index in [1.54, 1.807) is 0 Å². The SMILES string of the molecule is C=C1CCN(C(=O)C(F)(F)Cl)CC1. The Morgan fingerprint density at radius 1 is 1.46 bits per heavy atom. The Morgan fingerprint density at radius 3 is 2.31 bits per heavy atom. The Kier molecular flexibility index (Phi) is 2.91. The van der Waals surface area contributed by atoms with Gasteiger partial charge in [0.05, 0.1) is 0 Å². The van der Waals surface area contributed by atoms with Crippen LogP contribution in [0.5, 0.6) is 0 Å². The van der Waals surface area contributed by atoms with Crippen LogP contribution in [0, 0.1) is 0 Å². The number of piperidine rings is 1.